The van der Waals surface area contributed by atoms with Crippen LogP contribution in [0.1, 0.15) is 36.0 Å². The molecule has 1 heterocycles. The van der Waals surface area contributed by atoms with Crippen LogP contribution < -0.4 is 10.6 Å². The van der Waals surface area contributed by atoms with Crippen molar-refractivity contribution >= 4 is 23.7 Å². The molecule has 0 fully saturated rings. The Labute approximate surface area is 175 Å². The third kappa shape index (κ3) is 4.74. The highest BCUT2D eigenvalue weighted by atomic mass is 19.1. The van der Waals surface area contributed by atoms with Crippen LogP contribution in [0.25, 0.3) is 0 Å². The normalized spacial score (nSPS) is 18.5. The molecule has 1 unspecified atom stereocenters. The van der Waals surface area contributed by atoms with Crippen LogP contribution in [0, 0.1) is 5.82 Å². The number of hydrogen-bond acceptors (Lipinski definition) is 4. The molecule has 1 atom stereocenters. The Hall–Kier alpha value is -3.06. The first-order valence-electron chi connectivity index (χ1n) is 10.1. The maximum absolute atomic E-state index is 13.0. The van der Waals surface area contributed by atoms with Gasteiger partial charge in [-0.25, -0.2) is 13.8 Å². The number of rotatable bonds is 9. The average molecular weight is 412 g/mol. The van der Waals surface area contributed by atoms with Crippen LogP contribution in [0.2, 0.25) is 0 Å². The highest BCUT2D eigenvalue weighted by molar-refractivity contribution is 5.96. The van der Waals surface area contributed by atoms with E-state index in [9.17, 15) is 19.1 Å². The zero-order chi connectivity index (χ0) is 21.6. The lowest BCUT2D eigenvalue weighted by molar-refractivity contribution is -0.530. The molecule has 3 N–H and O–H groups in total. The Morgan fingerprint density at radius 2 is 1.83 bits per heavy atom. The molecule has 30 heavy (non-hydrogen) atoms. The molecule has 1 aliphatic heterocycles. The van der Waals surface area contributed by atoms with Crippen molar-refractivity contribution in [1.82, 2.24) is 0 Å². The molecule has 0 saturated carbocycles. The summed E-state index contributed by atoms with van der Waals surface area (Å²) in [7, 11) is 0. The number of Topliss-reactive ketones (excluding diaryl/α,β-unsaturated/α-hetero) is 1. The molecule has 0 bridgehead atoms. The van der Waals surface area contributed by atoms with E-state index < -0.39 is 11.5 Å². The molecule has 6 nitrogen and oxygen atoms in total. The summed E-state index contributed by atoms with van der Waals surface area (Å²) in [5.74, 6) is -1.28. The van der Waals surface area contributed by atoms with Gasteiger partial charge in [0.2, 0.25) is 0 Å². The van der Waals surface area contributed by atoms with Crippen molar-refractivity contribution in [2.75, 3.05) is 24.7 Å². The second-order valence-electron chi connectivity index (χ2n) is 7.49. The molecule has 2 aromatic carbocycles. The standard InChI is InChI=1S/C23H26FN3O3/c24-19-10-8-18(9-11-19)21(28)7-4-14-26-15-12-23(13-16-26,22(29)30)27(17-25)20-5-2-1-3-6-20/h1-3,5-6,8-11,15H,4,7,12-14,16-17,25H2/p+1. The number of anilines is 1. The first-order chi connectivity index (χ1) is 14.5. The number of hydrogen-bond donors (Lipinski definition) is 2. The van der Waals surface area contributed by atoms with Crippen LogP contribution in [0.15, 0.2) is 54.6 Å². The van der Waals surface area contributed by atoms with E-state index in [1.165, 1.54) is 24.3 Å². The number of halogens is 1. The fraction of sp³-hybridized carbons (Fsp3) is 0.348. The van der Waals surface area contributed by atoms with E-state index in [2.05, 4.69) is 4.58 Å². The molecule has 0 spiro atoms. The minimum Gasteiger partial charge on any atom is -0.479 e. The van der Waals surface area contributed by atoms with Gasteiger partial charge in [0.1, 0.15) is 25.1 Å². The molecular weight excluding hydrogens is 385 g/mol. The van der Waals surface area contributed by atoms with Crippen LogP contribution >= 0.6 is 0 Å². The van der Waals surface area contributed by atoms with Gasteiger partial charge in [-0.3, -0.25) is 4.79 Å². The average Bonchev–Trinajstić information content (AvgIpc) is 2.76. The molecule has 7 heteroatoms. The summed E-state index contributed by atoms with van der Waals surface area (Å²) in [6.07, 6.45) is 3.67. The Morgan fingerprint density at radius 1 is 1.13 bits per heavy atom. The monoisotopic (exact) mass is 412 g/mol. The first kappa shape index (κ1) is 21.6. The quantitative estimate of drug-likeness (QED) is 0.376. The number of carboxylic acid groups (broad SMARTS) is 1. The summed E-state index contributed by atoms with van der Waals surface area (Å²) >= 11 is 0. The highest BCUT2D eigenvalue weighted by Crippen LogP contribution is 2.31. The van der Waals surface area contributed by atoms with E-state index in [0.717, 1.165) is 5.69 Å². The second kappa shape index (κ2) is 9.63. The maximum Gasteiger partial charge on any atom is 0.330 e. The number of ketones is 1. The Morgan fingerprint density at radius 3 is 2.40 bits per heavy atom. The Kier molecular flexibility index (Phi) is 6.95. The number of para-hydroxylation sites is 1. The van der Waals surface area contributed by atoms with Gasteiger partial charge in [0.25, 0.3) is 0 Å². The van der Waals surface area contributed by atoms with E-state index in [0.29, 0.717) is 44.3 Å². The van der Waals surface area contributed by atoms with Crippen molar-refractivity contribution in [3.63, 3.8) is 0 Å². The number of carbonyl (C=O) groups excluding carboxylic acids is 1. The third-order valence-electron chi connectivity index (χ3n) is 5.68. The van der Waals surface area contributed by atoms with Gasteiger partial charge in [-0.05, 0) is 36.4 Å². The topological polar surface area (TPSA) is 86.6 Å². The second-order valence-corrected chi connectivity index (χ2v) is 7.49. The number of nitrogens with zero attached hydrogens (tertiary/aromatic N) is 2. The van der Waals surface area contributed by atoms with Crippen molar-refractivity contribution in [2.24, 2.45) is 5.73 Å². The summed E-state index contributed by atoms with van der Waals surface area (Å²) in [4.78, 5) is 26.2. The molecule has 0 aliphatic carbocycles. The lowest BCUT2D eigenvalue weighted by Gasteiger charge is -2.41. The van der Waals surface area contributed by atoms with Crippen molar-refractivity contribution in [2.45, 2.75) is 31.2 Å². The fourth-order valence-corrected chi connectivity index (χ4v) is 3.92. The number of carboxylic acids is 1. The SMILES string of the molecule is NCN(c1ccccc1)C1(C(=O)O)CC=[N+](CCCC(=O)c2ccc(F)cc2)CC1. The van der Waals surface area contributed by atoms with E-state index in [4.69, 9.17) is 5.73 Å². The largest absolute Gasteiger partial charge is 0.479 e. The number of benzene rings is 2. The zero-order valence-electron chi connectivity index (χ0n) is 16.8. The van der Waals surface area contributed by atoms with E-state index in [1.54, 1.807) is 4.90 Å². The van der Waals surface area contributed by atoms with Crippen LogP contribution in [-0.2, 0) is 4.79 Å². The van der Waals surface area contributed by atoms with Crippen molar-refractivity contribution in [1.29, 1.82) is 0 Å². The first-order valence-corrected chi connectivity index (χ1v) is 10.1. The number of carbonyl (C=O) groups is 2. The Bertz CT molecular complexity index is 915. The molecule has 3 rings (SSSR count). The molecule has 0 aromatic heterocycles. The molecular formula is C23H27FN3O3+. The lowest BCUT2D eigenvalue weighted by Crippen LogP contribution is -2.60. The summed E-state index contributed by atoms with van der Waals surface area (Å²) in [5, 5.41) is 10.0. The van der Waals surface area contributed by atoms with Gasteiger partial charge in [0, 0.05) is 30.5 Å². The predicted molar refractivity (Wildman–Crippen MR) is 114 cm³/mol. The van der Waals surface area contributed by atoms with Gasteiger partial charge < -0.3 is 15.7 Å². The van der Waals surface area contributed by atoms with Crippen LogP contribution in [0.4, 0.5) is 10.1 Å². The van der Waals surface area contributed by atoms with Crippen LogP contribution in [-0.4, -0.2) is 52.9 Å². The van der Waals surface area contributed by atoms with Crippen molar-refractivity contribution < 1.29 is 23.7 Å². The van der Waals surface area contributed by atoms with Crippen LogP contribution in [0.5, 0.6) is 0 Å². The number of nitrogens with two attached hydrogens (primary N) is 1. The molecule has 0 saturated heterocycles. The lowest BCUT2D eigenvalue weighted by atomic mass is 9.86. The summed E-state index contributed by atoms with van der Waals surface area (Å²) in [6.45, 7) is 1.34. The highest BCUT2D eigenvalue weighted by Gasteiger charge is 2.47. The fourth-order valence-electron chi connectivity index (χ4n) is 3.92. The zero-order valence-corrected chi connectivity index (χ0v) is 16.8. The van der Waals surface area contributed by atoms with E-state index in [1.807, 2.05) is 36.5 Å². The minimum absolute atomic E-state index is 0.0229. The Balaban J connectivity index is 1.62. The third-order valence-corrected chi connectivity index (χ3v) is 5.68. The van der Waals surface area contributed by atoms with E-state index in [-0.39, 0.29) is 18.3 Å². The van der Waals surface area contributed by atoms with Crippen molar-refractivity contribution in [3.8, 4) is 0 Å². The van der Waals surface area contributed by atoms with Gasteiger partial charge in [-0.15, -0.1) is 0 Å². The maximum atomic E-state index is 13.0. The smallest absolute Gasteiger partial charge is 0.330 e. The number of aliphatic carboxylic acids is 1. The molecule has 0 radical (unpaired) electrons. The predicted octanol–water partition coefficient (Wildman–Crippen LogP) is 2.91. The minimum atomic E-state index is -1.09. The molecule has 0 amide bonds. The van der Waals surface area contributed by atoms with Crippen LogP contribution in [0.3, 0.4) is 0 Å². The summed E-state index contributed by atoms with van der Waals surface area (Å²) in [6, 6.07) is 14.9. The van der Waals surface area contributed by atoms with Crippen molar-refractivity contribution in [3.05, 3.63) is 66.0 Å². The van der Waals surface area contributed by atoms with Gasteiger partial charge in [-0.1, -0.05) is 18.2 Å². The summed E-state index contributed by atoms with van der Waals surface area (Å²) in [5.41, 5.74) is 6.15. The van der Waals surface area contributed by atoms with Gasteiger partial charge in [0.05, 0.1) is 13.1 Å². The summed E-state index contributed by atoms with van der Waals surface area (Å²) < 4.78 is 15.0. The van der Waals surface area contributed by atoms with E-state index >= 15 is 0 Å². The van der Waals surface area contributed by atoms with Gasteiger partial charge >= 0.3 is 5.97 Å². The molecule has 158 valence electrons. The van der Waals surface area contributed by atoms with Gasteiger partial charge in [-0.2, -0.15) is 0 Å². The molecule has 1 aliphatic rings. The molecule has 2 aromatic rings. The van der Waals surface area contributed by atoms with Gasteiger partial charge in [0.15, 0.2) is 11.3 Å².